The van der Waals surface area contributed by atoms with Gasteiger partial charge in [-0.1, -0.05) is 48.5 Å². The van der Waals surface area contributed by atoms with Gasteiger partial charge in [-0.3, -0.25) is 4.79 Å². The number of ketones is 1. The average Bonchev–Trinajstić information content (AvgIpc) is 3.27. The van der Waals surface area contributed by atoms with Gasteiger partial charge in [0.25, 0.3) is 0 Å². The van der Waals surface area contributed by atoms with Gasteiger partial charge in [-0.15, -0.1) is 5.10 Å². The number of anilines is 1. The number of allylic oxidation sites excluding steroid dienone is 2. The number of hydrogen-bond acceptors (Lipinski definition) is 7. The van der Waals surface area contributed by atoms with Crippen molar-refractivity contribution in [2.45, 2.75) is 50.4 Å². The molecule has 1 N–H and O–H groups in total. The molecule has 0 fully saturated rings. The van der Waals surface area contributed by atoms with Crippen LogP contribution in [0, 0.1) is 0 Å². The molecule has 0 bridgehead atoms. The summed E-state index contributed by atoms with van der Waals surface area (Å²) in [6, 6.07) is 13.0. The van der Waals surface area contributed by atoms with E-state index in [4.69, 9.17) is 31.2 Å². The third-order valence-corrected chi connectivity index (χ3v) is 7.35. The first-order chi connectivity index (χ1) is 17.1. The number of nitrogens with zero attached hydrogens (tertiary/aromatic N) is 3. The van der Waals surface area contributed by atoms with Gasteiger partial charge in [-0.25, -0.2) is 4.68 Å². The molecule has 0 amide bonds. The van der Waals surface area contributed by atoms with Crippen molar-refractivity contribution in [3.8, 4) is 11.5 Å². The van der Waals surface area contributed by atoms with E-state index in [1.54, 1.807) is 18.9 Å². The zero-order chi connectivity index (χ0) is 24.4. The maximum Gasteiger partial charge on any atom is 0.227 e. The SMILES string of the molecule is CCCSc1nc2n(n1)C(c1ccc(OCc3cccc(Cl)c3)c(OC)c1)C1=C(CCCC1=O)N2. The van der Waals surface area contributed by atoms with Crippen LogP contribution in [0.2, 0.25) is 5.02 Å². The van der Waals surface area contributed by atoms with Gasteiger partial charge in [0.1, 0.15) is 12.6 Å². The molecule has 35 heavy (non-hydrogen) atoms. The van der Waals surface area contributed by atoms with Crippen LogP contribution in [0.25, 0.3) is 0 Å². The molecular formula is C26H27ClN4O3S. The molecule has 1 unspecified atom stereocenters. The predicted molar refractivity (Wildman–Crippen MR) is 137 cm³/mol. The van der Waals surface area contributed by atoms with E-state index in [1.807, 2.05) is 47.1 Å². The minimum atomic E-state index is -0.367. The number of nitrogens with one attached hydrogen (secondary N) is 1. The molecule has 1 aliphatic heterocycles. The number of benzene rings is 2. The lowest BCUT2D eigenvalue weighted by Crippen LogP contribution is -2.31. The van der Waals surface area contributed by atoms with Crippen LogP contribution < -0.4 is 14.8 Å². The van der Waals surface area contributed by atoms with Crippen molar-refractivity contribution < 1.29 is 14.3 Å². The van der Waals surface area contributed by atoms with Crippen LogP contribution in [0.4, 0.5) is 5.95 Å². The summed E-state index contributed by atoms with van der Waals surface area (Å²) in [6.07, 6.45) is 3.23. The quantitative estimate of drug-likeness (QED) is 0.370. The molecule has 2 aromatic carbocycles. The molecule has 1 aliphatic carbocycles. The lowest BCUT2D eigenvalue weighted by molar-refractivity contribution is -0.116. The molecule has 3 aromatic rings. The predicted octanol–water partition coefficient (Wildman–Crippen LogP) is 6.04. The van der Waals surface area contributed by atoms with Crippen LogP contribution in [0.5, 0.6) is 11.5 Å². The third-order valence-electron chi connectivity index (χ3n) is 6.07. The summed E-state index contributed by atoms with van der Waals surface area (Å²) in [5, 5.41) is 9.52. The van der Waals surface area contributed by atoms with Crippen molar-refractivity contribution in [2.24, 2.45) is 0 Å². The van der Waals surface area contributed by atoms with Crippen LogP contribution in [0.15, 0.2) is 58.9 Å². The molecule has 2 aliphatic rings. The fourth-order valence-electron chi connectivity index (χ4n) is 4.46. The minimum absolute atomic E-state index is 0.146. The van der Waals surface area contributed by atoms with Crippen molar-refractivity contribution in [3.05, 3.63) is 69.9 Å². The fourth-order valence-corrected chi connectivity index (χ4v) is 5.36. The number of thioether (sulfide) groups is 1. The summed E-state index contributed by atoms with van der Waals surface area (Å²) in [7, 11) is 1.62. The van der Waals surface area contributed by atoms with Gasteiger partial charge >= 0.3 is 0 Å². The lowest BCUT2D eigenvalue weighted by atomic mass is 9.85. The Bertz CT molecular complexity index is 1290. The second-order valence-electron chi connectivity index (χ2n) is 8.54. The maximum atomic E-state index is 13.1. The van der Waals surface area contributed by atoms with Gasteiger partial charge in [-0.2, -0.15) is 4.98 Å². The first-order valence-corrected chi connectivity index (χ1v) is 13.1. The molecule has 182 valence electrons. The molecule has 1 aromatic heterocycles. The van der Waals surface area contributed by atoms with Crippen LogP contribution in [0.1, 0.15) is 49.8 Å². The van der Waals surface area contributed by atoms with Gasteiger partial charge in [0.2, 0.25) is 11.1 Å². The summed E-state index contributed by atoms with van der Waals surface area (Å²) >= 11 is 7.72. The standard InChI is InChI=1S/C26H27ClN4O3S/c1-3-12-35-26-29-25-28-19-8-5-9-20(32)23(19)24(31(25)30-26)17-10-11-21(22(14-17)33-2)34-15-16-6-4-7-18(27)13-16/h4,6-7,10-11,13-14,24H,3,5,8-9,12,15H2,1-2H3,(H,28,29,30). The second kappa shape index (κ2) is 10.3. The van der Waals surface area contributed by atoms with Crippen molar-refractivity contribution in [1.82, 2.24) is 14.8 Å². The highest BCUT2D eigenvalue weighted by molar-refractivity contribution is 7.99. The highest BCUT2D eigenvalue weighted by Crippen LogP contribution is 2.42. The second-order valence-corrected chi connectivity index (χ2v) is 10.0. The Hall–Kier alpha value is -2.97. The van der Waals surface area contributed by atoms with Gasteiger partial charge in [-0.05, 0) is 54.7 Å². The zero-order valence-electron chi connectivity index (χ0n) is 19.7. The molecular weight excluding hydrogens is 484 g/mol. The zero-order valence-corrected chi connectivity index (χ0v) is 21.3. The Labute approximate surface area is 213 Å². The number of aromatic nitrogens is 3. The smallest absolute Gasteiger partial charge is 0.227 e. The highest BCUT2D eigenvalue weighted by Gasteiger charge is 2.37. The molecule has 9 heteroatoms. The number of carbonyl (C=O) groups is 1. The number of rotatable bonds is 8. The Kier molecular flexibility index (Phi) is 7.02. The Balaban J connectivity index is 1.49. The van der Waals surface area contributed by atoms with E-state index in [-0.39, 0.29) is 11.8 Å². The molecule has 0 saturated heterocycles. The largest absolute Gasteiger partial charge is 0.493 e. The van der Waals surface area contributed by atoms with Gasteiger partial charge < -0.3 is 14.8 Å². The van der Waals surface area contributed by atoms with Gasteiger partial charge in [0, 0.05) is 28.5 Å². The van der Waals surface area contributed by atoms with Gasteiger partial charge in [0.15, 0.2) is 17.3 Å². The molecule has 0 spiro atoms. The number of halogens is 1. The molecule has 1 atom stereocenters. The monoisotopic (exact) mass is 510 g/mol. The normalized spacial score (nSPS) is 17.0. The van der Waals surface area contributed by atoms with E-state index in [0.29, 0.717) is 40.7 Å². The van der Waals surface area contributed by atoms with Crippen LogP contribution in [-0.2, 0) is 11.4 Å². The number of carbonyl (C=O) groups excluding carboxylic acids is 1. The van der Waals surface area contributed by atoms with Crippen molar-refractivity contribution in [2.75, 3.05) is 18.2 Å². The number of ether oxygens (including phenoxy) is 2. The topological polar surface area (TPSA) is 78.3 Å². The number of methoxy groups -OCH3 is 1. The number of fused-ring (bicyclic) bond motifs is 1. The molecule has 0 saturated carbocycles. The summed E-state index contributed by atoms with van der Waals surface area (Å²) in [5.41, 5.74) is 3.57. The van der Waals surface area contributed by atoms with E-state index in [2.05, 4.69) is 12.2 Å². The summed E-state index contributed by atoms with van der Waals surface area (Å²) < 4.78 is 13.6. The molecule has 5 rings (SSSR count). The molecule has 7 nitrogen and oxygen atoms in total. The van der Waals surface area contributed by atoms with E-state index >= 15 is 0 Å². The Morgan fingerprint density at radius 3 is 2.89 bits per heavy atom. The van der Waals surface area contributed by atoms with E-state index in [9.17, 15) is 4.79 Å². The Morgan fingerprint density at radius 2 is 2.09 bits per heavy atom. The molecule has 2 heterocycles. The first-order valence-electron chi connectivity index (χ1n) is 11.7. The lowest BCUT2D eigenvalue weighted by Gasteiger charge is -2.32. The minimum Gasteiger partial charge on any atom is -0.493 e. The average molecular weight is 511 g/mol. The number of hydrogen-bond donors (Lipinski definition) is 1. The maximum absolute atomic E-state index is 13.1. The van der Waals surface area contributed by atoms with Crippen LogP contribution in [0.3, 0.4) is 0 Å². The Morgan fingerprint density at radius 1 is 1.20 bits per heavy atom. The van der Waals surface area contributed by atoms with Crippen molar-refractivity contribution in [3.63, 3.8) is 0 Å². The van der Waals surface area contributed by atoms with Crippen molar-refractivity contribution >= 4 is 35.1 Å². The molecule has 0 radical (unpaired) electrons. The van der Waals surface area contributed by atoms with Crippen LogP contribution in [-0.4, -0.2) is 33.4 Å². The highest BCUT2D eigenvalue weighted by atomic mass is 35.5. The first kappa shape index (κ1) is 23.8. The van der Waals surface area contributed by atoms with E-state index < -0.39 is 0 Å². The third kappa shape index (κ3) is 4.90. The fraction of sp³-hybridized carbons (Fsp3) is 0.346. The number of Topliss-reactive ketones (excluding diaryl/α,β-unsaturated/α-hetero) is 1. The van der Waals surface area contributed by atoms with Gasteiger partial charge in [0.05, 0.1) is 7.11 Å². The van der Waals surface area contributed by atoms with Crippen molar-refractivity contribution in [1.29, 1.82) is 0 Å². The van der Waals surface area contributed by atoms with E-state index in [0.717, 1.165) is 47.4 Å². The van der Waals surface area contributed by atoms with E-state index in [1.165, 1.54) is 0 Å². The summed E-state index contributed by atoms with van der Waals surface area (Å²) in [5.74, 6) is 2.96. The summed E-state index contributed by atoms with van der Waals surface area (Å²) in [4.78, 5) is 17.8. The van der Waals surface area contributed by atoms with Crippen LogP contribution >= 0.6 is 23.4 Å². The summed E-state index contributed by atoms with van der Waals surface area (Å²) in [6.45, 7) is 2.49.